The van der Waals surface area contributed by atoms with Crippen molar-refractivity contribution in [2.24, 2.45) is 0 Å². The van der Waals surface area contributed by atoms with E-state index in [1.165, 1.54) is 2.88 Å². The zero-order valence-electron chi connectivity index (χ0n) is 5.67. The molecule has 1 aromatic rings. The van der Waals surface area contributed by atoms with E-state index in [2.05, 4.69) is 22.6 Å². The molecule has 3 heteroatoms. The summed E-state index contributed by atoms with van der Waals surface area (Å²) in [5.41, 5.74) is 1.05. The van der Waals surface area contributed by atoms with Crippen LogP contribution in [0.3, 0.4) is 0 Å². The van der Waals surface area contributed by atoms with E-state index >= 15 is 0 Å². The predicted molar refractivity (Wildman–Crippen MR) is 52.3 cm³/mol. The van der Waals surface area contributed by atoms with Crippen LogP contribution < -0.4 is 0 Å². The van der Waals surface area contributed by atoms with Gasteiger partial charge in [-0.3, -0.25) is 0 Å². The van der Waals surface area contributed by atoms with E-state index in [1.54, 1.807) is 11.3 Å². The van der Waals surface area contributed by atoms with Gasteiger partial charge in [0, 0.05) is 0 Å². The average molecular weight is 268 g/mol. The molecule has 0 aliphatic heterocycles. The minimum absolute atomic E-state index is 0.264. The highest BCUT2D eigenvalue weighted by Gasteiger charge is 2.05. The van der Waals surface area contributed by atoms with Crippen LogP contribution in [0.15, 0.2) is 11.4 Å². The fourth-order valence-electron chi connectivity index (χ4n) is 0.734. The van der Waals surface area contributed by atoms with E-state index < -0.39 is 0 Å². The monoisotopic (exact) mass is 268 g/mol. The molecule has 0 spiro atoms. The van der Waals surface area contributed by atoms with Gasteiger partial charge in [0.05, 0.1) is 8.99 Å². The van der Waals surface area contributed by atoms with Gasteiger partial charge in [0.25, 0.3) is 0 Å². The number of thiophene rings is 1. The first-order valence-corrected chi connectivity index (χ1v) is 5.12. The molecule has 0 bridgehead atoms. The smallest absolute Gasteiger partial charge is 0.0795 e. The van der Waals surface area contributed by atoms with Gasteiger partial charge in [0.2, 0.25) is 0 Å². The molecule has 1 unspecified atom stereocenters. The molecule has 0 saturated carbocycles. The van der Waals surface area contributed by atoms with Crippen LogP contribution in [0.5, 0.6) is 0 Å². The van der Waals surface area contributed by atoms with E-state index in [0.29, 0.717) is 0 Å². The van der Waals surface area contributed by atoms with Gasteiger partial charge in [-0.15, -0.1) is 11.3 Å². The molecule has 1 nitrogen and oxygen atoms in total. The van der Waals surface area contributed by atoms with Gasteiger partial charge >= 0.3 is 0 Å². The van der Waals surface area contributed by atoms with Crippen LogP contribution in [0, 0.1) is 2.88 Å². The topological polar surface area (TPSA) is 20.2 Å². The summed E-state index contributed by atoms with van der Waals surface area (Å²) in [4.78, 5) is 0. The van der Waals surface area contributed by atoms with Crippen molar-refractivity contribution < 1.29 is 5.11 Å². The number of aliphatic hydroxyl groups is 1. The zero-order valence-corrected chi connectivity index (χ0v) is 8.65. The Morgan fingerprint density at radius 3 is 2.90 bits per heavy atom. The molecule has 1 N–H and O–H groups in total. The Kier molecular flexibility index (Phi) is 3.13. The maximum absolute atomic E-state index is 9.35. The number of rotatable bonds is 2. The van der Waals surface area contributed by atoms with Crippen LogP contribution in [0.4, 0.5) is 0 Å². The summed E-state index contributed by atoms with van der Waals surface area (Å²) in [6, 6.07) is 2.03. The molecule has 0 radical (unpaired) electrons. The summed E-state index contributed by atoms with van der Waals surface area (Å²) < 4.78 is 1.24. The molecule has 1 rings (SSSR count). The van der Waals surface area contributed by atoms with Crippen LogP contribution in [0.2, 0.25) is 0 Å². The van der Waals surface area contributed by atoms with E-state index in [-0.39, 0.29) is 6.10 Å². The number of halogens is 1. The van der Waals surface area contributed by atoms with Crippen molar-refractivity contribution in [3.63, 3.8) is 0 Å². The minimum Gasteiger partial charge on any atom is -0.388 e. The van der Waals surface area contributed by atoms with Gasteiger partial charge in [0.15, 0.2) is 0 Å². The molecule has 1 heterocycles. The van der Waals surface area contributed by atoms with Crippen molar-refractivity contribution >= 4 is 33.9 Å². The lowest BCUT2D eigenvalue weighted by atomic mass is 10.1. The van der Waals surface area contributed by atoms with E-state index in [4.69, 9.17) is 0 Å². The quantitative estimate of drug-likeness (QED) is 0.818. The Morgan fingerprint density at radius 2 is 2.50 bits per heavy atom. The number of hydrogen-bond acceptors (Lipinski definition) is 2. The standard InChI is InChI=1S/C7H9IOS/c1-2-6(9)5-3-7(8)10-4-5/h3-4,6,9H,2H2,1H3. The van der Waals surface area contributed by atoms with Crippen molar-refractivity contribution in [1.82, 2.24) is 0 Å². The molecule has 0 saturated heterocycles. The summed E-state index contributed by atoms with van der Waals surface area (Å²) in [7, 11) is 0. The first-order chi connectivity index (χ1) is 4.74. The van der Waals surface area contributed by atoms with Gasteiger partial charge in [-0.2, -0.15) is 0 Å². The molecule has 0 fully saturated rings. The first kappa shape index (κ1) is 8.49. The van der Waals surface area contributed by atoms with Crippen molar-refractivity contribution in [2.45, 2.75) is 19.4 Å². The molecule has 0 aliphatic carbocycles. The average Bonchev–Trinajstić information content (AvgIpc) is 2.34. The van der Waals surface area contributed by atoms with Gasteiger partial charge in [0.1, 0.15) is 0 Å². The number of aliphatic hydroxyl groups excluding tert-OH is 1. The van der Waals surface area contributed by atoms with Crippen LogP contribution in [0.25, 0.3) is 0 Å². The van der Waals surface area contributed by atoms with Crippen molar-refractivity contribution in [3.05, 3.63) is 19.9 Å². The lowest BCUT2D eigenvalue weighted by Crippen LogP contribution is -1.91. The Labute approximate surface area is 78.2 Å². The minimum atomic E-state index is -0.264. The lowest BCUT2D eigenvalue weighted by molar-refractivity contribution is 0.174. The zero-order chi connectivity index (χ0) is 7.56. The fraction of sp³-hybridized carbons (Fsp3) is 0.429. The highest BCUT2D eigenvalue weighted by Crippen LogP contribution is 2.23. The second-order valence-corrected chi connectivity index (χ2v) is 4.91. The summed E-state index contributed by atoms with van der Waals surface area (Å²) in [6.45, 7) is 1.98. The molecular formula is C7H9IOS. The maximum atomic E-state index is 9.35. The molecule has 0 amide bonds. The summed E-state index contributed by atoms with van der Waals surface area (Å²) in [6.07, 6.45) is 0.534. The van der Waals surface area contributed by atoms with E-state index in [1.807, 2.05) is 18.4 Å². The summed E-state index contributed by atoms with van der Waals surface area (Å²) in [5.74, 6) is 0. The maximum Gasteiger partial charge on any atom is 0.0795 e. The third kappa shape index (κ3) is 1.93. The Hall–Kier alpha value is 0.390. The van der Waals surface area contributed by atoms with Crippen molar-refractivity contribution in [3.8, 4) is 0 Å². The van der Waals surface area contributed by atoms with E-state index in [9.17, 15) is 5.11 Å². The lowest BCUT2D eigenvalue weighted by Gasteiger charge is -2.02. The third-order valence-corrected chi connectivity index (χ3v) is 3.17. The number of hydrogen-bond donors (Lipinski definition) is 1. The van der Waals surface area contributed by atoms with Gasteiger partial charge in [-0.05, 0) is 46.0 Å². The van der Waals surface area contributed by atoms with Crippen molar-refractivity contribution in [1.29, 1.82) is 0 Å². The van der Waals surface area contributed by atoms with Crippen molar-refractivity contribution in [2.75, 3.05) is 0 Å². The second-order valence-electron chi connectivity index (χ2n) is 2.11. The Bertz CT molecular complexity index is 209. The molecular weight excluding hydrogens is 259 g/mol. The fourth-order valence-corrected chi connectivity index (χ4v) is 2.15. The van der Waals surface area contributed by atoms with Crippen LogP contribution in [-0.4, -0.2) is 5.11 Å². The predicted octanol–water partition coefficient (Wildman–Crippen LogP) is 2.80. The normalized spacial score (nSPS) is 13.5. The molecule has 56 valence electrons. The molecule has 10 heavy (non-hydrogen) atoms. The summed E-state index contributed by atoms with van der Waals surface area (Å²) >= 11 is 3.93. The second kappa shape index (κ2) is 3.69. The highest BCUT2D eigenvalue weighted by atomic mass is 127. The SMILES string of the molecule is CCC(O)c1csc(I)c1. The van der Waals surface area contributed by atoms with Gasteiger partial charge in [-0.1, -0.05) is 6.92 Å². The van der Waals surface area contributed by atoms with Crippen LogP contribution in [-0.2, 0) is 0 Å². The summed E-state index contributed by atoms with van der Waals surface area (Å²) in [5, 5.41) is 11.4. The Balaban J connectivity index is 2.74. The molecule has 1 atom stereocenters. The first-order valence-electron chi connectivity index (χ1n) is 3.16. The largest absolute Gasteiger partial charge is 0.388 e. The van der Waals surface area contributed by atoms with Gasteiger partial charge in [-0.25, -0.2) is 0 Å². The van der Waals surface area contributed by atoms with E-state index in [0.717, 1.165) is 12.0 Å². The molecule has 0 aliphatic rings. The molecule has 0 aromatic carbocycles. The third-order valence-electron chi connectivity index (χ3n) is 1.36. The highest BCUT2D eigenvalue weighted by molar-refractivity contribution is 14.1. The van der Waals surface area contributed by atoms with Crippen LogP contribution >= 0.6 is 33.9 Å². The Morgan fingerprint density at radius 1 is 1.80 bits per heavy atom. The van der Waals surface area contributed by atoms with Gasteiger partial charge < -0.3 is 5.11 Å². The van der Waals surface area contributed by atoms with Crippen LogP contribution in [0.1, 0.15) is 25.0 Å². The molecule has 1 aromatic heterocycles.